The van der Waals surface area contributed by atoms with Gasteiger partial charge in [0.25, 0.3) is 0 Å². The van der Waals surface area contributed by atoms with Crippen LogP contribution in [0.5, 0.6) is 0 Å². The van der Waals surface area contributed by atoms with E-state index in [2.05, 4.69) is 106 Å². The number of ether oxygens (including phenoxy) is 3. The number of carbonyl (C=O) groups excluding carboxylic acids is 3. The van der Waals surface area contributed by atoms with Crippen LogP contribution in [-0.2, 0) is 28.6 Å². The molecule has 0 aliphatic rings. The highest BCUT2D eigenvalue weighted by Crippen LogP contribution is 2.17. The Labute approximate surface area is 471 Å². The zero-order valence-electron chi connectivity index (χ0n) is 50.3. The smallest absolute Gasteiger partial charge is 0.306 e. The van der Waals surface area contributed by atoms with Crippen molar-refractivity contribution in [3.05, 3.63) is 85.1 Å². The number of rotatable bonds is 59. The Bertz CT molecular complexity index is 1450. The molecular weight excluding hydrogens is 937 g/mol. The van der Waals surface area contributed by atoms with Gasteiger partial charge < -0.3 is 14.2 Å². The van der Waals surface area contributed by atoms with Gasteiger partial charge in [-0.3, -0.25) is 14.4 Å². The summed E-state index contributed by atoms with van der Waals surface area (Å²) in [6.07, 6.45) is 84.7. The van der Waals surface area contributed by atoms with Crippen LogP contribution in [0, 0.1) is 0 Å². The van der Waals surface area contributed by atoms with Crippen molar-refractivity contribution >= 4 is 17.9 Å². The van der Waals surface area contributed by atoms with Crippen LogP contribution in [0.15, 0.2) is 85.1 Å². The molecule has 0 N–H and O–H groups in total. The van der Waals surface area contributed by atoms with Gasteiger partial charge in [-0.05, 0) is 77.0 Å². The Hall–Kier alpha value is -3.41. The van der Waals surface area contributed by atoms with Crippen LogP contribution in [0.4, 0.5) is 0 Å². The molecule has 0 aliphatic carbocycles. The molecule has 0 heterocycles. The molecule has 0 spiro atoms. The lowest BCUT2D eigenvalue weighted by molar-refractivity contribution is -0.167. The minimum absolute atomic E-state index is 0.0736. The molecule has 76 heavy (non-hydrogen) atoms. The molecule has 0 aromatic heterocycles. The quantitative estimate of drug-likeness (QED) is 0.0261. The van der Waals surface area contributed by atoms with Crippen molar-refractivity contribution in [1.29, 1.82) is 0 Å². The summed E-state index contributed by atoms with van der Waals surface area (Å²) >= 11 is 0. The van der Waals surface area contributed by atoms with Gasteiger partial charge in [0.05, 0.1) is 0 Å². The molecule has 0 aliphatic heterocycles. The van der Waals surface area contributed by atoms with Crippen molar-refractivity contribution in [3.8, 4) is 0 Å². The van der Waals surface area contributed by atoms with E-state index in [1.807, 2.05) is 0 Å². The number of hydrogen-bond donors (Lipinski definition) is 0. The maximum absolute atomic E-state index is 12.9. The minimum atomic E-state index is -0.774. The first kappa shape index (κ1) is 72.6. The summed E-state index contributed by atoms with van der Waals surface area (Å²) in [7, 11) is 0. The lowest BCUT2D eigenvalue weighted by atomic mass is 10.0. The number of carbonyl (C=O) groups is 3. The van der Waals surface area contributed by atoms with E-state index in [-0.39, 0.29) is 31.1 Å². The van der Waals surface area contributed by atoms with Gasteiger partial charge in [0.15, 0.2) is 6.10 Å². The molecule has 1 unspecified atom stereocenters. The van der Waals surface area contributed by atoms with Crippen molar-refractivity contribution in [2.75, 3.05) is 13.2 Å². The highest BCUT2D eigenvalue weighted by Gasteiger charge is 2.19. The van der Waals surface area contributed by atoms with Gasteiger partial charge in [0, 0.05) is 19.3 Å². The highest BCUT2D eigenvalue weighted by atomic mass is 16.6. The fourth-order valence-corrected chi connectivity index (χ4v) is 9.31. The summed E-state index contributed by atoms with van der Waals surface area (Å²) < 4.78 is 16.9. The molecule has 6 heteroatoms. The van der Waals surface area contributed by atoms with Gasteiger partial charge in [-0.25, -0.2) is 0 Å². The fraction of sp³-hybridized carbons (Fsp3) is 0.757. The Morgan fingerprint density at radius 2 is 0.513 bits per heavy atom. The van der Waals surface area contributed by atoms with E-state index in [0.717, 1.165) is 109 Å². The number of esters is 3. The van der Waals surface area contributed by atoms with E-state index in [0.29, 0.717) is 19.3 Å². The Morgan fingerprint density at radius 1 is 0.276 bits per heavy atom. The summed E-state index contributed by atoms with van der Waals surface area (Å²) in [6.45, 7) is 6.53. The molecular formula is C70H122O6. The van der Waals surface area contributed by atoms with Crippen molar-refractivity contribution < 1.29 is 28.6 Å². The molecule has 438 valence electrons. The van der Waals surface area contributed by atoms with E-state index in [1.54, 1.807) is 0 Å². The predicted molar refractivity (Wildman–Crippen MR) is 330 cm³/mol. The van der Waals surface area contributed by atoms with Crippen LogP contribution in [-0.4, -0.2) is 37.2 Å². The van der Waals surface area contributed by atoms with Crippen molar-refractivity contribution in [2.45, 2.75) is 329 Å². The van der Waals surface area contributed by atoms with Crippen LogP contribution in [0.1, 0.15) is 323 Å². The van der Waals surface area contributed by atoms with Gasteiger partial charge in [-0.2, -0.15) is 0 Å². The molecule has 0 amide bonds. The zero-order valence-corrected chi connectivity index (χ0v) is 50.3. The summed E-state index contributed by atoms with van der Waals surface area (Å²) in [6, 6.07) is 0. The average molecular weight is 1060 g/mol. The van der Waals surface area contributed by atoms with E-state index < -0.39 is 6.10 Å². The van der Waals surface area contributed by atoms with Crippen LogP contribution in [0.3, 0.4) is 0 Å². The standard InChI is InChI=1S/C70H122O6/c1-4-7-10-13-16-19-21-23-25-27-29-30-31-32-33-34-35-36-37-38-39-40-42-43-45-47-49-51-54-57-60-63-69(72)75-66-67(65-74-68(71)62-59-56-53-18-15-12-9-6-3)76-70(73)64-61-58-55-52-50-48-46-44-41-28-26-24-22-20-17-14-11-8-5-2/h7,10,16,19,23,25,29-30,32-33,35-36,38-39,67H,4-6,8-9,11-15,17-18,20-22,24,26-28,31,34,37,40-66H2,1-3H3/b10-7-,19-16-,25-23-,30-29-,33-32-,36-35-,39-38-. The molecule has 0 aromatic carbocycles. The SMILES string of the molecule is CC/C=C\C/C=C\C/C=C\C/C=C\C/C=C\C/C=C\C/C=C\CCCCCCCCCCCC(=O)OCC(COC(=O)CCCCCCCCCC)OC(=O)CCCCCCCCCCCCCCCCCCCCC. The van der Waals surface area contributed by atoms with Gasteiger partial charge in [0.2, 0.25) is 0 Å². The van der Waals surface area contributed by atoms with Gasteiger partial charge in [-0.15, -0.1) is 0 Å². The molecule has 0 radical (unpaired) electrons. The molecule has 0 saturated heterocycles. The van der Waals surface area contributed by atoms with Crippen molar-refractivity contribution in [1.82, 2.24) is 0 Å². The van der Waals surface area contributed by atoms with E-state index >= 15 is 0 Å². The zero-order chi connectivity index (χ0) is 55.0. The van der Waals surface area contributed by atoms with Crippen LogP contribution in [0.2, 0.25) is 0 Å². The molecule has 1 atom stereocenters. The van der Waals surface area contributed by atoms with E-state index in [4.69, 9.17) is 14.2 Å². The van der Waals surface area contributed by atoms with Gasteiger partial charge in [-0.1, -0.05) is 311 Å². The third-order valence-electron chi connectivity index (χ3n) is 14.2. The second kappa shape index (κ2) is 64.1. The maximum atomic E-state index is 12.9. The van der Waals surface area contributed by atoms with Crippen molar-refractivity contribution in [3.63, 3.8) is 0 Å². The third kappa shape index (κ3) is 61.4. The molecule has 0 saturated carbocycles. The van der Waals surface area contributed by atoms with Gasteiger partial charge >= 0.3 is 17.9 Å². The second-order valence-corrected chi connectivity index (χ2v) is 21.7. The van der Waals surface area contributed by atoms with Gasteiger partial charge in [0.1, 0.15) is 13.2 Å². The van der Waals surface area contributed by atoms with E-state index in [9.17, 15) is 14.4 Å². The highest BCUT2D eigenvalue weighted by molar-refractivity contribution is 5.71. The lowest BCUT2D eigenvalue weighted by Crippen LogP contribution is -2.30. The lowest BCUT2D eigenvalue weighted by Gasteiger charge is -2.18. The van der Waals surface area contributed by atoms with Crippen LogP contribution in [0.25, 0.3) is 0 Å². The largest absolute Gasteiger partial charge is 0.462 e. The number of allylic oxidation sites excluding steroid dienone is 14. The summed E-state index contributed by atoms with van der Waals surface area (Å²) in [5.74, 6) is -0.870. The molecule has 0 aromatic rings. The molecule has 6 nitrogen and oxygen atoms in total. The Morgan fingerprint density at radius 3 is 0.803 bits per heavy atom. The first-order chi connectivity index (χ1) is 37.5. The molecule has 0 bridgehead atoms. The number of unbranched alkanes of at least 4 members (excludes halogenated alkanes) is 34. The Kier molecular flexibility index (Phi) is 61.2. The maximum Gasteiger partial charge on any atom is 0.306 e. The summed E-state index contributed by atoms with van der Waals surface area (Å²) in [4.78, 5) is 38.1. The average Bonchev–Trinajstić information content (AvgIpc) is 3.42. The number of hydrogen-bond acceptors (Lipinski definition) is 6. The Balaban J connectivity index is 4.15. The third-order valence-corrected chi connectivity index (χ3v) is 14.2. The van der Waals surface area contributed by atoms with Crippen LogP contribution < -0.4 is 0 Å². The second-order valence-electron chi connectivity index (χ2n) is 21.7. The van der Waals surface area contributed by atoms with E-state index in [1.165, 1.54) is 173 Å². The molecule has 0 fully saturated rings. The predicted octanol–water partition coefficient (Wildman–Crippen LogP) is 22.3. The molecule has 0 rings (SSSR count). The summed E-state index contributed by atoms with van der Waals surface area (Å²) in [5, 5.41) is 0. The summed E-state index contributed by atoms with van der Waals surface area (Å²) in [5.41, 5.74) is 0. The van der Waals surface area contributed by atoms with Crippen LogP contribution >= 0.6 is 0 Å². The topological polar surface area (TPSA) is 78.9 Å². The minimum Gasteiger partial charge on any atom is -0.462 e. The fourth-order valence-electron chi connectivity index (χ4n) is 9.31. The monoisotopic (exact) mass is 1060 g/mol. The first-order valence-corrected chi connectivity index (χ1v) is 32.6. The first-order valence-electron chi connectivity index (χ1n) is 32.6. The normalized spacial score (nSPS) is 12.6. The van der Waals surface area contributed by atoms with Crippen molar-refractivity contribution in [2.24, 2.45) is 0 Å².